The number of hydrogen-bond donors (Lipinski definition) is 0. The summed E-state index contributed by atoms with van der Waals surface area (Å²) in [6.45, 7) is 0. The number of nitrogens with zero attached hydrogens (tertiary/aromatic N) is 4. The minimum absolute atomic E-state index is 0.681. The van der Waals surface area contributed by atoms with Gasteiger partial charge in [0.25, 0.3) is 0 Å². The molecule has 0 saturated carbocycles. The van der Waals surface area contributed by atoms with Crippen LogP contribution in [0.3, 0.4) is 0 Å². The number of para-hydroxylation sites is 2. The maximum absolute atomic E-state index is 5.38. The van der Waals surface area contributed by atoms with Crippen molar-refractivity contribution in [1.29, 1.82) is 0 Å². The average Bonchev–Trinajstić information content (AvgIpc) is 3.69. The van der Waals surface area contributed by atoms with Gasteiger partial charge in [-0.3, -0.25) is 4.57 Å². The average molecular weight is 797 g/mol. The summed E-state index contributed by atoms with van der Waals surface area (Å²) in [5, 5.41) is 4.80. The molecular weight excluding hydrogens is 761 g/mol. The lowest BCUT2D eigenvalue weighted by Gasteiger charge is -2.33. The lowest BCUT2D eigenvalue weighted by molar-refractivity contribution is 1.05. The highest BCUT2D eigenvalue weighted by Gasteiger charge is 2.26. The fourth-order valence-electron chi connectivity index (χ4n) is 8.97. The molecule has 4 nitrogen and oxygen atoms in total. The van der Waals surface area contributed by atoms with E-state index in [4.69, 9.17) is 9.97 Å². The van der Waals surface area contributed by atoms with Crippen molar-refractivity contribution in [1.82, 2.24) is 14.5 Å². The quantitative estimate of drug-likeness (QED) is 0.168. The van der Waals surface area contributed by atoms with Gasteiger partial charge in [0.05, 0.1) is 28.1 Å². The Morgan fingerprint density at radius 3 is 1.85 bits per heavy atom. The molecule has 61 heavy (non-hydrogen) atoms. The van der Waals surface area contributed by atoms with Gasteiger partial charge in [-0.1, -0.05) is 176 Å². The monoisotopic (exact) mass is 796 g/mol. The smallest absolute Gasteiger partial charge is 0.162 e. The van der Waals surface area contributed by atoms with Crippen molar-refractivity contribution < 1.29 is 0 Å². The van der Waals surface area contributed by atoms with Crippen LogP contribution in [-0.2, 0) is 0 Å². The number of hydrogen-bond acceptors (Lipinski definition) is 4. The van der Waals surface area contributed by atoms with Crippen LogP contribution in [0.2, 0.25) is 0 Å². The van der Waals surface area contributed by atoms with E-state index in [1.165, 1.54) is 59.4 Å². The van der Waals surface area contributed by atoms with Gasteiger partial charge in [-0.05, 0) is 81.6 Å². The molecule has 0 amide bonds. The Bertz CT molecular complexity index is 3430. The van der Waals surface area contributed by atoms with Crippen molar-refractivity contribution in [3.63, 3.8) is 0 Å². The zero-order chi connectivity index (χ0) is 40.3. The van der Waals surface area contributed by atoms with E-state index in [0.717, 1.165) is 44.9 Å². The standard InChI is InChI=1S/C56H36N4S/c1-4-15-37(16-5-1)38-27-29-40(30-28-38)46-36-53(58-56(57-46)41-18-6-2-7-19-41)60-48-25-14-23-45(55(48)54-44-22-11-10-17-39(44)31-33-49(54)60)42-32-34-52-50(35-42)59(43-20-8-3-9-21-43)47-24-12-13-26-51(47)61-52/h1-36H. The molecule has 0 spiro atoms. The highest BCUT2D eigenvalue weighted by atomic mass is 32.2. The summed E-state index contributed by atoms with van der Waals surface area (Å²) in [5.41, 5.74) is 13.2. The fraction of sp³-hybridized carbons (Fsp3) is 0. The van der Waals surface area contributed by atoms with E-state index in [9.17, 15) is 0 Å². The third-order valence-corrected chi connectivity index (χ3v) is 12.9. The molecule has 0 atom stereocenters. The van der Waals surface area contributed by atoms with Gasteiger partial charge in [0.2, 0.25) is 0 Å². The van der Waals surface area contributed by atoms with Gasteiger partial charge in [0.1, 0.15) is 5.82 Å². The van der Waals surface area contributed by atoms with E-state index in [1.807, 2.05) is 30.0 Å². The van der Waals surface area contributed by atoms with E-state index in [0.29, 0.717) is 5.82 Å². The summed E-state index contributed by atoms with van der Waals surface area (Å²) < 4.78 is 2.34. The zero-order valence-corrected chi connectivity index (χ0v) is 33.8. The fourth-order valence-corrected chi connectivity index (χ4v) is 10.0. The molecule has 286 valence electrons. The van der Waals surface area contributed by atoms with Crippen molar-refractivity contribution >= 4 is 61.4 Å². The molecule has 0 saturated heterocycles. The third-order valence-electron chi connectivity index (χ3n) is 11.8. The van der Waals surface area contributed by atoms with Gasteiger partial charge in [0, 0.05) is 43.4 Å². The Hall–Kier alpha value is -7.73. The second-order valence-corrected chi connectivity index (χ2v) is 16.5. The highest BCUT2D eigenvalue weighted by Crippen LogP contribution is 2.53. The number of anilines is 3. The SMILES string of the molecule is c1ccc(-c2ccc(-c3cc(-n4c5cccc(-c6ccc7c(c6)N(c6ccccc6)c6ccccc6S7)c5c5c6ccccc6ccc54)nc(-c4ccccc4)n3)cc2)cc1. The molecule has 0 N–H and O–H groups in total. The summed E-state index contributed by atoms with van der Waals surface area (Å²) in [6, 6.07) is 78.0. The van der Waals surface area contributed by atoms with Crippen LogP contribution < -0.4 is 4.90 Å². The lowest BCUT2D eigenvalue weighted by Crippen LogP contribution is -2.14. The summed E-state index contributed by atoms with van der Waals surface area (Å²) in [4.78, 5) is 15.5. The van der Waals surface area contributed by atoms with Gasteiger partial charge < -0.3 is 4.90 Å². The summed E-state index contributed by atoms with van der Waals surface area (Å²) in [7, 11) is 0. The second kappa shape index (κ2) is 14.5. The molecule has 1 aliphatic heterocycles. The zero-order valence-electron chi connectivity index (χ0n) is 33.0. The summed E-state index contributed by atoms with van der Waals surface area (Å²) in [6.07, 6.45) is 0. The minimum atomic E-state index is 0.681. The van der Waals surface area contributed by atoms with Crippen molar-refractivity contribution in [3.8, 4) is 50.7 Å². The molecule has 3 heterocycles. The van der Waals surface area contributed by atoms with Crippen LogP contribution >= 0.6 is 11.8 Å². The van der Waals surface area contributed by atoms with Gasteiger partial charge in [-0.15, -0.1) is 0 Å². The Labute approximate surface area is 358 Å². The van der Waals surface area contributed by atoms with Crippen LogP contribution in [0.1, 0.15) is 0 Å². The molecule has 0 fully saturated rings. The second-order valence-electron chi connectivity index (χ2n) is 15.4. The Balaban J connectivity index is 1.10. The molecule has 5 heteroatoms. The first-order valence-electron chi connectivity index (χ1n) is 20.6. The van der Waals surface area contributed by atoms with Crippen molar-refractivity contribution in [3.05, 3.63) is 218 Å². The van der Waals surface area contributed by atoms with Gasteiger partial charge in [-0.2, -0.15) is 0 Å². The third kappa shape index (κ3) is 6.01. The van der Waals surface area contributed by atoms with Gasteiger partial charge in [0.15, 0.2) is 5.82 Å². The topological polar surface area (TPSA) is 34.0 Å². The van der Waals surface area contributed by atoms with Crippen molar-refractivity contribution in [2.45, 2.75) is 9.79 Å². The molecule has 0 unspecified atom stereocenters. The van der Waals surface area contributed by atoms with E-state index < -0.39 is 0 Å². The van der Waals surface area contributed by atoms with Crippen LogP contribution in [0, 0.1) is 0 Å². The lowest BCUT2D eigenvalue weighted by atomic mass is 9.96. The number of rotatable bonds is 6. The van der Waals surface area contributed by atoms with Crippen LogP contribution in [0.15, 0.2) is 228 Å². The Kier molecular flexibility index (Phi) is 8.39. The largest absolute Gasteiger partial charge is 0.308 e. The predicted octanol–water partition coefficient (Wildman–Crippen LogP) is 15.3. The molecule has 0 bridgehead atoms. The van der Waals surface area contributed by atoms with E-state index >= 15 is 0 Å². The molecule has 9 aromatic carbocycles. The maximum atomic E-state index is 5.38. The van der Waals surface area contributed by atoms with E-state index in [-0.39, 0.29) is 0 Å². The first-order valence-corrected chi connectivity index (χ1v) is 21.4. The molecule has 1 aliphatic rings. The Morgan fingerprint density at radius 2 is 1.03 bits per heavy atom. The molecule has 11 aromatic rings. The van der Waals surface area contributed by atoms with Crippen molar-refractivity contribution in [2.75, 3.05) is 4.90 Å². The first kappa shape index (κ1) is 35.2. The molecular formula is C56H36N4S. The Morgan fingerprint density at radius 1 is 0.393 bits per heavy atom. The normalized spacial score (nSPS) is 12.2. The molecule has 12 rings (SSSR count). The number of fused-ring (bicyclic) bond motifs is 7. The summed E-state index contributed by atoms with van der Waals surface area (Å²) >= 11 is 1.83. The van der Waals surface area contributed by atoms with Gasteiger partial charge >= 0.3 is 0 Å². The predicted molar refractivity (Wildman–Crippen MR) is 254 cm³/mol. The first-order chi connectivity index (χ1) is 30.2. The summed E-state index contributed by atoms with van der Waals surface area (Å²) in [5.74, 6) is 1.50. The van der Waals surface area contributed by atoms with Crippen molar-refractivity contribution in [2.24, 2.45) is 0 Å². The highest BCUT2D eigenvalue weighted by molar-refractivity contribution is 7.99. The molecule has 2 aromatic heterocycles. The maximum Gasteiger partial charge on any atom is 0.162 e. The van der Waals surface area contributed by atoms with Crippen LogP contribution in [-0.4, -0.2) is 14.5 Å². The molecule has 0 radical (unpaired) electrons. The van der Waals surface area contributed by atoms with Crippen LogP contribution in [0.5, 0.6) is 0 Å². The van der Waals surface area contributed by atoms with E-state index in [2.05, 4.69) is 210 Å². The van der Waals surface area contributed by atoms with Crippen LogP contribution in [0.4, 0.5) is 17.1 Å². The van der Waals surface area contributed by atoms with Crippen LogP contribution in [0.25, 0.3) is 83.3 Å². The van der Waals surface area contributed by atoms with Gasteiger partial charge in [-0.25, -0.2) is 9.97 Å². The minimum Gasteiger partial charge on any atom is -0.308 e. The number of benzene rings is 9. The molecule has 0 aliphatic carbocycles. The van der Waals surface area contributed by atoms with E-state index in [1.54, 1.807) is 0 Å². The number of aromatic nitrogens is 3.